The summed E-state index contributed by atoms with van der Waals surface area (Å²) in [5.74, 6) is -1.40. The van der Waals surface area contributed by atoms with Crippen molar-refractivity contribution in [3.63, 3.8) is 0 Å². The van der Waals surface area contributed by atoms with Gasteiger partial charge in [0.15, 0.2) is 0 Å². The summed E-state index contributed by atoms with van der Waals surface area (Å²) < 4.78 is 20.9. The molecule has 2 atom stereocenters. The van der Waals surface area contributed by atoms with Crippen molar-refractivity contribution in [1.82, 2.24) is 20.0 Å². The van der Waals surface area contributed by atoms with Crippen LogP contribution in [0.4, 0.5) is 14.9 Å². The zero-order chi connectivity index (χ0) is 36.1. The summed E-state index contributed by atoms with van der Waals surface area (Å²) in [6, 6.07) is 8.03. The molecule has 2 heterocycles. The highest BCUT2D eigenvalue weighted by molar-refractivity contribution is 6.00. The molecule has 2 aromatic rings. The molecular weight excluding hydrogens is 657 g/mol. The van der Waals surface area contributed by atoms with Gasteiger partial charge < -0.3 is 35.2 Å². The van der Waals surface area contributed by atoms with E-state index in [1.54, 1.807) is 17.0 Å². The van der Waals surface area contributed by atoms with Crippen molar-refractivity contribution in [2.24, 2.45) is 0 Å². The Morgan fingerprint density at radius 3 is 2.20 bits per heavy atom. The van der Waals surface area contributed by atoms with E-state index in [9.17, 15) is 33.5 Å². The van der Waals surface area contributed by atoms with E-state index in [1.165, 1.54) is 22.8 Å². The van der Waals surface area contributed by atoms with Crippen LogP contribution >= 0.6 is 0 Å². The van der Waals surface area contributed by atoms with Crippen LogP contribution in [-0.2, 0) is 9.59 Å². The maximum absolute atomic E-state index is 14.5. The van der Waals surface area contributed by atoms with E-state index >= 15 is 0 Å². The number of rotatable bonds is 8. The summed E-state index contributed by atoms with van der Waals surface area (Å²) in [6.45, 7) is 2.12. The highest BCUT2D eigenvalue weighted by Gasteiger charge is 2.39. The second kappa shape index (κ2) is 16.1. The molecule has 274 valence electrons. The number of carboxylic acid groups (broad SMARTS) is 1. The lowest BCUT2D eigenvalue weighted by molar-refractivity contribution is -0.128. The maximum atomic E-state index is 14.5. The van der Waals surface area contributed by atoms with Gasteiger partial charge in [-0.25, -0.2) is 9.18 Å². The van der Waals surface area contributed by atoms with Gasteiger partial charge in [0, 0.05) is 55.8 Å². The molecule has 6 rings (SSSR count). The number of nitrogens with one attached hydrogen (secondary N) is 2. The van der Waals surface area contributed by atoms with Crippen LogP contribution in [-0.4, -0.2) is 100 Å². The molecule has 5 amide bonds. The molecule has 2 aliphatic heterocycles. The molecule has 2 aliphatic carbocycles. The average molecular weight is 706 g/mol. The maximum Gasteiger partial charge on any atom is 0.407 e. The third-order valence-corrected chi connectivity index (χ3v) is 10.7. The Morgan fingerprint density at radius 2 is 1.51 bits per heavy atom. The molecule has 51 heavy (non-hydrogen) atoms. The fourth-order valence-electron chi connectivity index (χ4n) is 8.02. The number of amides is 5. The highest BCUT2D eigenvalue weighted by atomic mass is 19.1. The smallest absolute Gasteiger partial charge is 0.407 e. The summed E-state index contributed by atoms with van der Waals surface area (Å²) in [6.07, 6.45) is 9.34. The molecule has 2 saturated carbocycles. The van der Waals surface area contributed by atoms with Crippen LogP contribution < -0.4 is 15.4 Å². The van der Waals surface area contributed by atoms with Crippen molar-refractivity contribution < 1.29 is 38.2 Å². The van der Waals surface area contributed by atoms with E-state index in [0.717, 1.165) is 81.9 Å². The fraction of sp³-hybridized carbons (Fsp3) is 0.553. The van der Waals surface area contributed by atoms with Crippen molar-refractivity contribution in [1.29, 1.82) is 0 Å². The number of hydrogen-bond acceptors (Lipinski definition) is 6. The lowest BCUT2D eigenvalue weighted by Crippen LogP contribution is -2.62. The molecule has 2 saturated heterocycles. The Bertz CT molecular complexity index is 1640. The van der Waals surface area contributed by atoms with E-state index in [0.29, 0.717) is 24.3 Å². The van der Waals surface area contributed by atoms with Gasteiger partial charge in [0.05, 0.1) is 13.1 Å². The number of halogens is 1. The van der Waals surface area contributed by atoms with Gasteiger partial charge >= 0.3 is 6.09 Å². The summed E-state index contributed by atoms with van der Waals surface area (Å²) in [7, 11) is 0. The fourth-order valence-corrected chi connectivity index (χ4v) is 8.02. The standard InChI is InChI=1S/C38H48FN5O7/c1-24(45)40-30-19-27(18-28(39)21-30)36(47)42-16-17-44(33(23-42)35(46)41-29-10-6-3-7-11-29)37(48)26-12-13-34(32(20-26)25-8-4-2-5-9-25)51-31-14-15-43(22-31)38(49)50/h12-13,18-21,25,29,31,33H,2-11,14-17,22-23H2,1H3,(H,40,45)(H,41,46)(H,49,50)/t31?,33-/m1/s1. The van der Waals surface area contributed by atoms with Crippen LogP contribution in [0.1, 0.15) is 110 Å². The lowest BCUT2D eigenvalue weighted by Gasteiger charge is -2.41. The van der Waals surface area contributed by atoms with Crippen LogP contribution in [0.5, 0.6) is 5.75 Å². The SMILES string of the molecule is CC(=O)Nc1cc(F)cc(C(=O)N2CCN(C(=O)c3ccc(OC4CCN(C(=O)O)C4)c(C4CCCCC4)c3)[C@@H](C(=O)NC3CCCCC3)C2)c1. The number of ether oxygens (including phenoxy) is 1. The Morgan fingerprint density at radius 1 is 0.784 bits per heavy atom. The van der Waals surface area contributed by atoms with Gasteiger partial charge in [-0.1, -0.05) is 38.5 Å². The molecule has 12 nitrogen and oxygen atoms in total. The first kappa shape index (κ1) is 36.1. The van der Waals surface area contributed by atoms with Gasteiger partial charge in [-0.3, -0.25) is 19.2 Å². The molecule has 0 radical (unpaired) electrons. The van der Waals surface area contributed by atoms with Gasteiger partial charge in [0.25, 0.3) is 11.8 Å². The van der Waals surface area contributed by atoms with Crippen LogP contribution in [0, 0.1) is 5.82 Å². The Balaban J connectivity index is 1.26. The van der Waals surface area contributed by atoms with Crippen LogP contribution in [0.3, 0.4) is 0 Å². The van der Waals surface area contributed by atoms with Crippen molar-refractivity contribution in [2.75, 3.05) is 38.0 Å². The number of benzene rings is 2. The monoisotopic (exact) mass is 705 g/mol. The van der Waals surface area contributed by atoms with Gasteiger partial charge in [0.2, 0.25) is 11.8 Å². The Kier molecular flexibility index (Phi) is 11.4. The first-order valence-electron chi connectivity index (χ1n) is 18.3. The minimum Gasteiger partial charge on any atom is -0.488 e. The van der Waals surface area contributed by atoms with Gasteiger partial charge in [-0.05, 0) is 73.6 Å². The van der Waals surface area contributed by atoms with Crippen LogP contribution in [0.15, 0.2) is 36.4 Å². The number of carbonyl (C=O) groups is 5. The third kappa shape index (κ3) is 8.80. The summed E-state index contributed by atoms with van der Waals surface area (Å²) in [5, 5.41) is 15.1. The molecule has 2 aromatic carbocycles. The molecular formula is C38H48FN5O7. The Labute approximate surface area is 297 Å². The molecule has 4 aliphatic rings. The quantitative estimate of drug-likeness (QED) is 0.334. The van der Waals surface area contributed by atoms with E-state index in [1.807, 2.05) is 6.07 Å². The number of nitrogens with zero attached hydrogens (tertiary/aromatic N) is 3. The molecule has 0 bridgehead atoms. The molecule has 0 spiro atoms. The first-order chi connectivity index (χ1) is 24.5. The summed E-state index contributed by atoms with van der Waals surface area (Å²) in [5.41, 5.74) is 1.53. The first-order valence-corrected chi connectivity index (χ1v) is 18.3. The van der Waals surface area contributed by atoms with Crippen LogP contribution in [0.2, 0.25) is 0 Å². The summed E-state index contributed by atoms with van der Waals surface area (Å²) in [4.78, 5) is 69.5. The topological polar surface area (TPSA) is 149 Å². The number of likely N-dealkylation sites (tertiary alicyclic amines) is 1. The number of anilines is 1. The number of carbonyl (C=O) groups excluding carboxylic acids is 4. The van der Waals surface area contributed by atoms with E-state index in [4.69, 9.17) is 4.74 Å². The highest BCUT2D eigenvalue weighted by Crippen LogP contribution is 2.39. The number of hydrogen-bond donors (Lipinski definition) is 3. The largest absolute Gasteiger partial charge is 0.488 e. The molecule has 3 N–H and O–H groups in total. The van der Waals surface area contributed by atoms with Gasteiger partial charge in [-0.2, -0.15) is 0 Å². The predicted molar refractivity (Wildman–Crippen MR) is 187 cm³/mol. The Hall–Kier alpha value is -4.68. The average Bonchev–Trinajstić information content (AvgIpc) is 3.60. The zero-order valence-corrected chi connectivity index (χ0v) is 29.2. The minimum absolute atomic E-state index is 0.0142. The number of piperazine rings is 1. The van der Waals surface area contributed by atoms with Crippen molar-refractivity contribution in [2.45, 2.75) is 102 Å². The van der Waals surface area contributed by atoms with Crippen LogP contribution in [0.25, 0.3) is 0 Å². The van der Waals surface area contributed by atoms with Crippen molar-refractivity contribution >= 4 is 35.4 Å². The molecule has 0 aromatic heterocycles. The van der Waals surface area contributed by atoms with Crippen molar-refractivity contribution in [3.05, 3.63) is 58.9 Å². The lowest BCUT2D eigenvalue weighted by atomic mass is 9.83. The molecule has 4 fully saturated rings. The van der Waals surface area contributed by atoms with Gasteiger partial charge in [-0.15, -0.1) is 0 Å². The molecule has 1 unspecified atom stereocenters. The van der Waals surface area contributed by atoms with E-state index in [-0.39, 0.29) is 67.3 Å². The zero-order valence-electron chi connectivity index (χ0n) is 29.2. The normalized spacial score (nSPS) is 21.6. The second-order valence-corrected chi connectivity index (χ2v) is 14.4. The van der Waals surface area contributed by atoms with E-state index in [2.05, 4.69) is 10.6 Å². The van der Waals surface area contributed by atoms with E-state index < -0.39 is 29.8 Å². The second-order valence-electron chi connectivity index (χ2n) is 14.4. The minimum atomic E-state index is -0.977. The molecule has 13 heteroatoms. The predicted octanol–water partition coefficient (Wildman–Crippen LogP) is 5.38. The third-order valence-electron chi connectivity index (χ3n) is 10.7. The summed E-state index contributed by atoms with van der Waals surface area (Å²) >= 11 is 0. The van der Waals surface area contributed by atoms with Gasteiger partial charge in [0.1, 0.15) is 23.7 Å². The van der Waals surface area contributed by atoms with Crippen molar-refractivity contribution in [3.8, 4) is 5.75 Å².